The zero-order chi connectivity index (χ0) is 12.1. The Morgan fingerprint density at radius 3 is 2.94 bits per heavy atom. The van der Waals surface area contributed by atoms with E-state index >= 15 is 0 Å². The first-order valence-electron chi connectivity index (χ1n) is 6.47. The molecule has 1 amide bonds. The Hall–Kier alpha value is -0.650. The van der Waals surface area contributed by atoms with Crippen molar-refractivity contribution in [2.75, 3.05) is 26.4 Å². The Bertz CT molecular complexity index is 258. The third kappa shape index (κ3) is 3.40. The molecule has 0 bridgehead atoms. The maximum atomic E-state index is 11.9. The number of rotatable bonds is 4. The van der Waals surface area contributed by atoms with E-state index in [1.54, 1.807) is 0 Å². The van der Waals surface area contributed by atoms with Crippen molar-refractivity contribution in [1.82, 2.24) is 5.32 Å². The molecule has 2 aliphatic rings. The molecule has 2 aliphatic heterocycles. The van der Waals surface area contributed by atoms with Crippen molar-refractivity contribution >= 4 is 5.91 Å². The van der Waals surface area contributed by atoms with Crippen LogP contribution in [0.25, 0.3) is 0 Å². The summed E-state index contributed by atoms with van der Waals surface area (Å²) >= 11 is 0. The van der Waals surface area contributed by atoms with Crippen molar-refractivity contribution < 1.29 is 14.3 Å². The molecule has 2 heterocycles. The second-order valence-corrected chi connectivity index (χ2v) is 4.99. The number of hydrogen-bond donors (Lipinski definition) is 2. The lowest BCUT2D eigenvalue weighted by Gasteiger charge is -2.24. The molecule has 0 aliphatic carbocycles. The summed E-state index contributed by atoms with van der Waals surface area (Å²) in [6.45, 7) is 2.41. The summed E-state index contributed by atoms with van der Waals surface area (Å²) in [5.41, 5.74) is 5.14. The molecule has 17 heavy (non-hydrogen) atoms. The number of carbonyl (C=O) groups is 1. The Balaban J connectivity index is 1.65. The fourth-order valence-corrected chi connectivity index (χ4v) is 2.32. The highest BCUT2D eigenvalue weighted by Crippen LogP contribution is 2.17. The number of hydrogen-bond acceptors (Lipinski definition) is 4. The van der Waals surface area contributed by atoms with Gasteiger partial charge < -0.3 is 20.5 Å². The van der Waals surface area contributed by atoms with Crippen molar-refractivity contribution in [2.24, 2.45) is 5.73 Å². The highest BCUT2D eigenvalue weighted by atomic mass is 16.5. The van der Waals surface area contributed by atoms with Gasteiger partial charge >= 0.3 is 0 Å². The SMILES string of the molecule is NC1(C(=O)NCCC2CCCCO2)CCOC1. The molecule has 0 aromatic rings. The summed E-state index contributed by atoms with van der Waals surface area (Å²) in [5.74, 6) is -0.0918. The first-order valence-corrected chi connectivity index (χ1v) is 6.47. The average molecular weight is 242 g/mol. The second kappa shape index (κ2) is 5.80. The number of carbonyl (C=O) groups excluding carboxylic acids is 1. The Morgan fingerprint density at radius 2 is 2.29 bits per heavy atom. The van der Waals surface area contributed by atoms with Crippen LogP contribution in [0.5, 0.6) is 0 Å². The molecular weight excluding hydrogens is 220 g/mol. The van der Waals surface area contributed by atoms with Crippen LogP contribution in [0.2, 0.25) is 0 Å². The molecule has 2 saturated heterocycles. The smallest absolute Gasteiger partial charge is 0.242 e. The van der Waals surface area contributed by atoms with E-state index < -0.39 is 5.54 Å². The van der Waals surface area contributed by atoms with Gasteiger partial charge in [-0.3, -0.25) is 4.79 Å². The average Bonchev–Trinajstić information content (AvgIpc) is 2.79. The maximum absolute atomic E-state index is 11.9. The quantitative estimate of drug-likeness (QED) is 0.737. The van der Waals surface area contributed by atoms with Crippen LogP contribution in [0.1, 0.15) is 32.1 Å². The van der Waals surface area contributed by atoms with Crippen LogP contribution in [0.15, 0.2) is 0 Å². The van der Waals surface area contributed by atoms with Crippen molar-refractivity contribution in [1.29, 1.82) is 0 Å². The number of nitrogens with two attached hydrogens (primary N) is 1. The van der Waals surface area contributed by atoms with Crippen LogP contribution in [0.3, 0.4) is 0 Å². The van der Waals surface area contributed by atoms with E-state index in [2.05, 4.69) is 5.32 Å². The lowest BCUT2D eigenvalue weighted by Crippen LogP contribution is -2.54. The molecule has 0 aromatic carbocycles. The van der Waals surface area contributed by atoms with E-state index in [0.29, 0.717) is 32.3 Å². The van der Waals surface area contributed by atoms with Crippen LogP contribution >= 0.6 is 0 Å². The molecule has 2 atom stereocenters. The van der Waals surface area contributed by atoms with Gasteiger partial charge in [-0.2, -0.15) is 0 Å². The zero-order valence-electron chi connectivity index (χ0n) is 10.2. The maximum Gasteiger partial charge on any atom is 0.242 e. The Kier molecular flexibility index (Phi) is 4.36. The van der Waals surface area contributed by atoms with Gasteiger partial charge in [-0.15, -0.1) is 0 Å². The number of amides is 1. The molecule has 0 spiro atoms. The van der Waals surface area contributed by atoms with Gasteiger partial charge in [0.2, 0.25) is 5.91 Å². The van der Waals surface area contributed by atoms with Crippen LogP contribution in [0, 0.1) is 0 Å². The zero-order valence-corrected chi connectivity index (χ0v) is 10.2. The predicted octanol–water partition coefficient (Wildman–Crippen LogP) is 0.180. The van der Waals surface area contributed by atoms with Crippen LogP contribution in [-0.2, 0) is 14.3 Å². The van der Waals surface area contributed by atoms with Gasteiger partial charge in [-0.05, 0) is 32.1 Å². The van der Waals surface area contributed by atoms with E-state index in [9.17, 15) is 4.79 Å². The van der Waals surface area contributed by atoms with Crippen LogP contribution < -0.4 is 11.1 Å². The third-order valence-electron chi connectivity index (χ3n) is 3.53. The van der Waals surface area contributed by atoms with Gasteiger partial charge in [0.05, 0.1) is 12.7 Å². The van der Waals surface area contributed by atoms with Gasteiger partial charge in [0, 0.05) is 19.8 Å². The molecule has 2 rings (SSSR count). The molecular formula is C12H22N2O3. The van der Waals surface area contributed by atoms with E-state index in [-0.39, 0.29) is 5.91 Å². The third-order valence-corrected chi connectivity index (χ3v) is 3.53. The van der Waals surface area contributed by atoms with Crippen LogP contribution in [0.4, 0.5) is 0 Å². The Morgan fingerprint density at radius 1 is 1.41 bits per heavy atom. The molecule has 0 saturated carbocycles. The standard InChI is InChI=1S/C12H22N2O3/c13-12(5-8-16-9-12)11(15)14-6-4-10-3-1-2-7-17-10/h10H,1-9,13H2,(H,14,15). The lowest BCUT2D eigenvalue weighted by molar-refractivity contribution is -0.126. The molecule has 3 N–H and O–H groups in total. The summed E-state index contributed by atoms with van der Waals surface area (Å²) in [6, 6.07) is 0. The fourth-order valence-electron chi connectivity index (χ4n) is 2.32. The molecule has 0 radical (unpaired) electrons. The van der Waals surface area contributed by atoms with Crippen LogP contribution in [-0.4, -0.2) is 43.9 Å². The molecule has 0 aromatic heterocycles. The summed E-state index contributed by atoms with van der Waals surface area (Å²) in [5, 5.41) is 2.89. The normalized spacial score (nSPS) is 33.6. The molecule has 5 heteroatoms. The monoisotopic (exact) mass is 242 g/mol. The van der Waals surface area contributed by atoms with E-state index in [1.807, 2.05) is 0 Å². The van der Waals surface area contributed by atoms with Gasteiger partial charge in [-0.25, -0.2) is 0 Å². The Labute approximate surface area is 102 Å². The molecule has 2 unspecified atom stereocenters. The van der Waals surface area contributed by atoms with E-state index in [4.69, 9.17) is 15.2 Å². The lowest BCUT2D eigenvalue weighted by atomic mass is 9.99. The first-order chi connectivity index (χ1) is 8.21. The van der Waals surface area contributed by atoms with Crippen molar-refractivity contribution in [3.8, 4) is 0 Å². The molecule has 5 nitrogen and oxygen atoms in total. The van der Waals surface area contributed by atoms with Gasteiger partial charge in [0.15, 0.2) is 0 Å². The largest absolute Gasteiger partial charge is 0.379 e. The summed E-state index contributed by atoms with van der Waals surface area (Å²) in [4.78, 5) is 11.9. The molecule has 2 fully saturated rings. The number of nitrogens with one attached hydrogen (secondary N) is 1. The predicted molar refractivity (Wildman–Crippen MR) is 63.6 cm³/mol. The molecule has 98 valence electrons. The topological polar surface area (TPSA) is 73.6 Å². The van der Waals surface area contributed by atoms with Crippen molar-refractivity contribution in [3.63, 3.8) is 0 Å². The minimum Gasteiger partial charge on any atom is -0.379 e. The van der Waals surface area contributed by atoms with Gasteiger partial charge in [-0.1, -0.05) is 0 Å². The minimum absolute atomic E-state index is 0.0918. The van der Waals surface area contributed by atoms with Crippen molar-refractivity contribution in [2.45, 2.75) is 43.7 Å². The highest BCUT2D eigenvalue weighted by molar-refractivity contribution is 5.86. The van der Waals surface area contributed by atoms with Crippen molar-refractivity contribution in [3.05, 3.63) is 0 Å². The summed E-state index contributed by atoms with van der Waals surface area (Å²) in [7, 11) is 0. The summed E-state index contributed by atoms with van der Waals surface area (Å²) < 4.78 is 10.8. The second-order valence-electron chi connectivity index (χ2n) is 4.99. The number of ether oxygens (including phenoxy) is 2. The van der Waals surface area contributed by atoms with Gasteiger partial charge in [0.1, 0.15) is 5.54 Å². The van der Waals surface area contributed by atoms with E-state index in [0.717, 1.165) is 25.9 Å². The fraction of sp³-hybridized carbons (Fsp3) is 0.917. The van der Waals surface area contributed by atoms with E-state index in [1.165, 1.54) is 6.42 Å². The highest BCUT2D eigenvalue weighted by Gasteiger charge is 2.37. The first kappa shape index (κ1) is 12.8. The summed E-state index contributed by atoms with van der Waals surface area (Å²) in [6.07, 6.45) is 5.28. The minimum atomic E-state index is -0.812. The van der Waals surface area contributed by atoms with Gasteiger partial charge in [0.25, 0.3) is 0 Å².